The van der Waals surface area contributed by atoms with Crippen LogP contribution in [0.1, 0.15) is 56.6 Å². The van der Waals surface area contributed by atoms with Crippen molar-refractivity contribution in [2.75, 3.05) is 13.7 Å². The minimum Gasteiger partial charge on any atom is -0.490 e. The van der Waals surface area contributed by atoms with E-state index in [9.17, 15) is 19.7 Å². The first-order valence-electron chi connectivity index (χ1n) is 12.4. The number of nitro groups is 1. The van der Waals surface area contributed by atoms with E-state index in [1.165, 1.54) is 31.7 Å². The van der Waals surface area contributed by atoms with Gasteiger partial charge in [0.2, 0.25) is 11.7 Å². The zero-order valence-electron chi connectivity index (χ0n) is 21.2. The largest absolute Gasteiger partial charge is 0.490 e. The van der Waals surface area contributed by atoms with E-state index in [1.54, 1.807) is 4.90 Å². The maximum atomic E-state index is 13.4. The molecule has 0 radical (unpaired) electrons. The summed E-state index contributed by atoms with van der Waals surface area (Å²) in [5, 5.41) is 14.3. The molecule has 0 bridgehead atoms. The molecule has 2 amide bonds. The fourth-order valence-electron chi connectivity index (χ4n) is 4.56. The van der Waals surface area contributed by atoms with Gasteiger partial charge in [-0.2, -0.15) is 0 Å². The number of ether oxygens (including phenoxy) is 2. The molecule has 0 spiro atoms. The van der Waals surface area contributed by atoms with Crippen LogP contribution in [0.2, 0.25) is 0 Å². The number of carbonyl (C=O) groups is 2. The van der Waals surface area contributed by atoms with Crippen LogP contribution in [0.3, 0.4) is 0 Å². The fourth-order valence-corrected chi connectivity index (χ4v) is 4.56. The molecule has 2 aromatic rings. The van der Waals surface area contributed by atoms with Crippen LogP contribution in [-0.4, -0.2) is 47.4 Å². The summed E-state index contributed by atoms with van der Waals surface area (Å²) in [4.78, 5) is 38.9. The standard InChI is InChI=1S/C27H35N3O6/c1-4-23(27(32)28-21-12-6-5-7-13-21)29(17-20-11-9-8-10-19(20)2)26(31)18-36-22-14-15-24(30(33)34)25(16-22)35-3/h8-11,14-16,21,23H,4-7,12-13,17-18H2,1-3H3,(H,28,32)/t23-/m1/s1. The Bertz CT molecular complexity index is 1070. The molecule has 0 aromatic heterocycles. The Hall–Kier alpha value is -3.62. The molecular weight excluding hydrogens is 462 g/mol. The quantitative estimate of drug-likeness (QED) is 0.360. The zero-order valence-corrected chi connectivity index (χ0v) is 21.2. The monoisotopic (exact) mass is 497 g/mol. The predicted molar refractivity (Wildman–Crippen MR) is 136 cm³/mol. The van der Waals surface area contributed by atoms with E-state index in [2.05, 4.69) is 5.32 Å². The third-order valence-corrected chi connectivity index (χ3v) is 6.65. The van der Waals surface area contributed by atoms with Crippen molar-refractivity contribution in [2.24, 2.45) is 0 Å². The molecule has 9 heteroatoms. The molecule has 1 aliphatic carbocycles. The second-order valence-electron chi connectivity index (χ2n) is 9.10. The summed E-state index contributed by atoms with van der Waals surface area (Å²) in [7, 11) is 1.33. The first-order chi connectivity index (χ1) is 17.3. The van der Waals surface area contributed by atoms with Crippen LogP contribution in [0.25, 0.3) is 0 Å². The van der Waals surface area contributed by atoms with Gasteiger partial charge in [0.25, 0.3) is 5.91 Å². The molecule has 0 heterocycles. The van der Waals surface area contributed by atoms with E-state index in [0.717, 1.165) is 36.8 Å². The second kappa shape index (κ2) is 12.9. The summed E-state index contributed by atoms with van der Waals surface area (Å²) in [5.41, 5.74) is 1.79. The highest BCUT2D eigenvalue weighted by atomic mass is 16.6. The Morgan fingerprint density at radius 3 is 2.53 bits per heavy atom. The lowest BCUT2D eigenvalue weighted by atomic mass is 9.95. The summed E-state index contributed by atoms with van der Waals surface area (Å²) in [6.45, 7) is 3.82. The number of nitro benzene ring substituents is 1. The third kappa shape index (κ3) is 6.96. The van der Waals surface area contributed by atoms with Gasteiger partial charge in [-0.1, -0.05) is 50.5 Å². The fraction of sp³-hybridized carbons (Fsp3) is 0.481. The van der Waals surface area contributed by atoms with Crippen molar-refractivity contribution in [1.82, 2.24) is 10.2 Å². The average molecular weight is 498 g/mol. The average Bonchev–Trinajstić information content (AvgIpc) is 2.88. The summed E-state index contributed by atoms with van der Waals surface area (Å²) in [6.07, 6.45) is 5.76. The first kappa shape index (κ1) is 27.0. The second-order valence-corrected chi connectivity index (χ2v) is 9.10. The lowest BCUT2D eigenvalue weighted by Gasteiger charge is -2.33. The molecule has 0 aliphatic heterocycles. The van der Waals surface area contributed by atoms with Crippen molar-refractivity contribution in [1.29, 1.82) is 0 Å². The molecule has 1 saturated carbocycles. The molecule has 3 rings (SSSR count). The van der Waals surface area contributed by atoms with Crippen LogP contribution < -0.4 is 14.8 Å². The zero-order chi connectivity index (χ0) is 26.1. The number of amides is 2. The lowest BCUT2D eigenvalue weighted by Crippen LogP contribution is -2.52. The maximum Gasteiger partial charge on any atom is 0.311 e. The van der Waals surface area contributed by atoms with Crippen molar-refractivity contribution >= 4 is 17.5 Å². The van der Waals surface area contributed by atoms with E-state index < -0.39 is 11.0 Å². The molecule has 1 fully saturated rings. The van der Waals surface area contributed by atoms with Crippen molar-refractivity contribution in [3.05, 3.63) is 63.7 Å². The van der Waals surface area contributed by atoms with Crippen molar-refractivity contribution in [2.45, 2.75) is 71.0 Å². The number of benzene rings is 2. The van der Waals surface area contributed by atoms with E-state index in [0.29, 0.717) is 6.42 Å². The van der Waals surface area contributed by atoms with Crippen LogP contribution in [0.15, 0.2) is 42.5 Å². The SMILES string of the molecule is CC[C@H](C(=O)NC1CCCCC1)N(Cc1ccccc1C)C(=O)COc1ccc([N+](=O)[O-])c(OC)c1. The smallest absolute Gasteiger partial charge is 0.311 e. The Balaban J connectivity index is 1.79. The predicted octanol–water partition coefficient (Wildman–Crippen LogP) is 4.55. The summed E-state index contributed by atoms with van der Waals surface area (Å²) in [6, 6.07) is 11.3. The Labute approximate surface area is 211 Å². The van der Waals surface area contributed by atoms with Gasteiger partial charge in [0.1, 0.15) is 11.8 Å². The molecule has 0 saturated heterocycles. The molecule has 2 aromatic carbocycles. The Morgan fingerprint density at radius 2 is 1.89 bits per heavy atom. The van der Waals surface area contributed by atoms with Crippen LogP contribution in [0.4, 0.5) is 5.69 Å². The van der Waals surface area contributed by atoms with E-state index in [-0.39, 0.29) is 48.2 Å². The molecular formula is C27H35N3O6. The molecule has 9 nitrogen and oxygen atoms in total. The van der Waals surface area contributed by atoms with Gasteiger partial charge in [-0.15, -0.1) is 0 Å². The molecule has 0 unspecified atom stereocenters. The minimum atomic E-state index is -0.644. The summed E-state index contributed by atoms with van der Waals surface area (Å²) < 4.78 is 10.8. The normalized spacial score (nSPS) is 14.5. The number of carbonyl (C=O) groups excluding carboxylic acids is 2. The van der Waals surface area contributed by atoms with Crippen LogP contribution in [-0.2, 0) is 16.1 Å². The minimum absolute atomic E-state index is 0.0417. The van der Waals surface area contributed by atoms with Gasteiger partial charge in [-0.3, -0.25) is 19.7 Å². The highest BCUT2D eigenvalue weighted by molar-refractivity contribution is 5.88. The number of hydrogen-bond donors (Lipinski definition) is 1. The topological polar surface area (TPSA) is 111 Å². The first-order valence-corrected chi connectivity index (χ1v) is 12.4. The van der Waals surface area contributed by atoms with E-state index in [4.69, 9.17) is 9.47 Å². The van der Waals surface area contributed by atoms with Gasteiger partial charge in [-0.05, 0) is 43.4 Å². The van der Waals surface area contributed by atoms with Crippen LogP contribution in [0, 0.1) is 17.0 Å². The number of hydrogen-bond acceptors (Lipinski definition) is 6. The van der Waals surface area contributed by atoms with E-state index in [1.807, 2.05) is 38.1 Å². The summed E-state index contributed by atoms with van der Waals surface area (Å²) in [5.74, 6) is -0.189. The highest BCUT2D eigenvalue weighted by Gasteiger charge is 2.31. The van der Waals surface area contributed by atoms with Crippen molar-refractivity contribution in [3.8, 4) is 11.5 Å². The number of nitrogens with zero attached hydrogens (tertiary/aromatic N) is 2. The van der Waals surface area contributed by atoms with Gasteiger partial charge >= 0.3 is 5.69 Å². The molecule has 1 N–H and O–H groups in total. The van der Waals surface area contributed by atoms with Gasteiger partial charge in [0.05, 0.1) is 12.0 Å². The number of nitrogens with one attached hydrogen (secondary N) is 1. The van der Waals surface area contributed by atoms with Gasteiger partial charge in [-0.25, -0.2) is 0 Å². The number of rotatable bonds is 11. The number of methoxy groups -OCH3 is 1. The van der Waals surface area contributed by atoms with Gasteiger partial charge in [0.15, 0.2) is 6.61 Å². The Kier molecular flexibility index (Phi) is 9.67. The lowest BCUT2D eigenvalue weighted by molar-refractivity contribution is -0.385. The van der Waals surface area contributed by atoms with Crippen LogP contribution >= 0.6 is 0 Å². The Morgan fingerprint density at radius 1 is 1.17 bits per heavy atom. The summed E-state index contributed by atoms with van der Waals surface area (Å²) >= 11 is 0. The van der Waals surface area contributed by atoms with Gasteiger partial charge in [0, 0.05) is 24.7 Å². The van der Waals surface area contributed by atoms with Crippen LogP contribution in [0.5, 0.6) is 11.5 Å². The molecule has 194 valence electrons. The molecule has 1 aliphatic rings. The number of aryl methyl sites for hydroxylation is 1. The van der Waals surface area contributed by atoms with Gasteiger partial charge < -0.3 is 19.7 Å². The van der Waals surface area contributed by atoms with Crippen molar-refractivity contribution < 1.29 is 24.0 Å². The van der Waals surface area contributed by atoms with E-state index >= 15 is 0 Å². The third-order valence-electron chi connectivity index (χ3n) is 6.65. The molecule has 1 atom stereocenters. The maximum absolute atomic E-state index is 13.4. The highest BCUT2D eigenvalue weighted by Crippen LogP contribution is 2.31. The van der Waals surface area contributed by atoms with Crippen molar-refractivity contribution in [3.63, 3.8) is 0 Å². The molecule has 36 heavy (non-hydrogen) atoms.